The summed E-state index contributed by atoms with van der Waals surface area (Å²) in [6, 6.07) is 40.1. The molecule has 0 fully saturated rings. The van der Waals surface area contributed by atoms with Crippen molar-refractivity contribution in [1.29, 1.82) is 0 Å². The van der Waals surface area contributed by atoms with Crippen LogP contribution in [0.15, 0.2) is 133 Å². The van der Waals surface area contributed by atoms with Crippen LogP contribution in [-0.2, 0) is 35.5 Å². The number of benzene rings is 7. The summed E-state index contributed by atoms with van der Waals surface area (Å²) in [4.78, 5) is 34.8. The number of hydrogen-bond donors (Lipinski definition) is 7. The predicted molar refractivity (Wildman–Crippen MR) is 284 cm³/mol. The highest BCUT2D eigenvalue weighted by atomic mass is 16.6. The first-order valence-corrected chi connectivity index (χ1v) is 24.4. The number of phenolic OH excluding ortho intramolecular Hbond substituents is 6. The van der Waals surface area contributed by atoms with E-state index in [-0.39, 0.29) is 47.9 Å². The Kier molecular flexibility index (Phi) is 16.9. The molecular weight excluding hydrogens is 937 g/mol. The van der Waals surface area contributed by atoms with Crippen LogP contribution in [0.25, 0.3) is 0 Å². The third-order valence-corrected chi connectivity index (χ3v) is 14.1. The Labute approximate surface area is 432 Å². The average Bonchev–Trinajstić information content (AvgIpc) is 3.67. The van der Waals surface area contributed by atoms with Gasteiger partial charge in [0.2, 0.25) is 0 Å². The third kappa shape index (κ3) is 12.0. The molecule has 0 saturated heterocycles. The van der Waals surface area contributed by atoms with Crippen LogP contribution in [0.4, 0.5) is 0 Å². The molecule has 12 nitrogen and oxygen atoms in total. The van der Waals surface area contributed by atoms with Crippen LogP contribution < -0.4 is 0 Å². The van der Waals surface area contributed by atoms with Crippen molar-refractivity contribution in [1.82, 2.24) is 0 Å². The number of ether oxygens (including phenoxy) is 2. The summed E-state index contributed by atoms with van der Waals surface area (Å²) >= 11 is 0. The Morgan fingerprint density at radius 3 is 1.30 bits per heavy atom. The molecule has 386 valence electrons. The van der Waals surface area contributed by atoms with Crippen molar-refractivity contribution < 1.29 is 59.6 Å². The molecule has 1 heterocycles. The smallest absolute Gasteiger partial charge is 0.340 e. The van der Waals surface area contributed by atoms with E-state index < -0.39 is 28.9 Å². The Balaban J connectivity index is 0.000000184. The molecule has 0 spiro atoms. The number of phenols is 6. The largest absolute Gasteiger partial charge is 0.508 e. The van der Waals surface area contributed by atoms with E-state index in [2.05, 4.69) is 20.8 Å². The van der Waals surface area contributed by atoms with Crippen LogP contribution in [0.5, 0.6) is 34.5 Å². The summed E-state index contributed by atoms with van der Waals surface area (Å²) in [7, 11) is 0. The maximum atomic E-state index is 12.6. The number of hydrogen-bond acceptors (Lipinski definition) is 11. The molecule has 8 rings (SSSR count). The molecule has 1 aliphatic heterocycles. The lowest BCUT2D eigenvalue weighted by Gasteiger charge is -2.32. The number of esters is 2. The van der Waals surface area contributed by atoms with Gasteiger partial charge in [-0.3, -0.25) is 9.59 Å². The van der Waals surface area contributed by atoms with E-state index in [0.717, 1.165) is 61.2 Å². The first kappa shape index (κ1) is 55.1. The van der Waals surface area contributed by atoms with Crippen molar-refractivity contribution in [2.75, 3.05) is 6.61 Å². The molecule has 7 aromatic rings. The van der Waals surface area contributed by atoms with Crippen molar-refractivity contribution >= 4 is 17.9 Å². The summed E-state index contributed by atoms with van der Waals surface area (Å²) in [5.41, 5.74) is 10.0. The van der Waals surface area contributed by atoms with Crippen molar-refractivity contribution in [3.8, 4) is 34.5 Å². The monoisotopic (exact) mass is 1000 g/mol. The van der Waals surface area contributed by atoms with Crippen LogP contribution in [0, 0.1) is 41.5 Å². The Morgan fingerprint density at radius 1 is 0.514 bits per heavy atom. The van der Waals surface area contributed by atoms with Crippen LogP contribution in [0.2, 0.25) is 0 Å². The number of rotatable bonds is 13. The summed E-state index contributed by atoms with van der Waals surface area (Å²) in [5, 5.41) is 67.5. The molecule has 0 aromatic heterocycles. The molecule has 1 aliphatic rings. The number of carbonyl (C=O) groups is 3. The predicted octanol–water partition coefficient (Wildman–Crippen LogP) is 12.4. The fraction of sp³-hybridized carbons (Fsp3) is 0.274. The molecule has 0 unspecified atom stereocenters. The molecule has 7 aromatic carbocycles. The maximum absolute atomic E-state index is 12.6. The van der Waals surface area contributed by atoms with Gasteiger partial charge in [0.15, 0.2) is 5.60 Å². The molecular formula is C62H66O12. The zero-order chi connectivity index (χ0) is 54.3. The number of carboxylic acid groups (broad SMARTS) is 1. The van der Waals surface area contributed by atoms with Crippen molar-refractivity contribution in [3.63, 3.8) is 0 Å². The van der Waals surface area contributed by atoms with E-state index in [0.29, 0.717) is 41.0 Å². The van der Waals surface area contributed by atoms with Gasteiger partial charge >= 0.3 is 17.9 Å². The highest BCUT2D eigenvalue weighted by molar-refractivity contribution is 5.96. The second kappa shape index (κ2) is 22.7. The first-order chi connectivity index (χ1) is 34.9. The lowest BCUT2D eigenvalue weighted by Crippen LogP contribution is -2.29. The van der Waals surface area contributed by atoms with Gasteiger partial charge in [0, 0.05) is 27.5 Å². The molecule has 12 heteroatoms. The van der Waals surface area contributed by atoms with Gasteiger partial charge in [-0.25, -0.2) is 4.79 Å². The van der Waals surface area contributed by atoms with Crippen molar-refractivity contribution in [3.05, 3.63) is 211 Å². The minimum absolute atomic E-state index is 0.138. The SMILES string of the molecule is Cc1cc(C(C)(C)c2ccc(O)c(C)c2)ccc1O.Cc1cc(C(C)(CCCOC(=O)CCC(=O)O)c2ccc(O)c(C)c2)ccc1O.Cc1cc(C2(c3ccc(O)c(C)c3)OC(=O)c3ccccc32)ccc1O. The second-order valence-corrected chi connectivity index (χ2v) is 19.8. The molecule has 7 N–H and O–H groups in total. The Morgan fingerprint density at radius 2 is 0.892 bits per heavy atom. The molecule has 0 bridgehead atoms. The lowest BCUT2D eigenvalue weighted by atomic mass is 9.72. The highest BCUT2D eigenvalue weighted by Gasteiger charge is 2.48. The van der Waals surface area contributed by atoms with Gasteiger partial charge in [0.05, 0.1) is 25.0 Å². The molecule has 0 atom stereocenters. The lowest BCUT2D eigenvalue weighted by molar-refractivity contribution is -0.147. The highest BCUT2D eigenvalue weighted by Crippen LogP contribution is 2.48. The first-order valence-electron chi connectivity index (χ1n) is 24.4. The number of aryl methyl sites for hydroxylation is 6. The Hall–Kier alpha value is -8.25. The van der Waals surface area contributed by atoms with Gasteiger partial charge in [0.25, 0.3) is 0 Å². The van der Waals surface area contributed by atoms with Crippen LogP contribution in [0.1, 0.15) is 129 Å². The molecule has 0 aliphatic carbocycles. The number of cyclic esters (lactones) is 1. The van der Waals surface area contributed by atoms with E-state index in [4.69, 9.17) is 14.6 Å². The van der Waals surface area contributed by atoms with Gasteiger partial charge in [-0.2, -0.15) is 0 Å². The fourth-order valence-corrected chi connectivity index (χ4v) is 9.16. The quantitative estimate of drug-likeness (QED) is 0.0425. The number of aliphatic carboxylic acids is 1. The number of fused-ring (bicyclic) bond motifs is 1. The second-order valence-electron chi connectivity index (χ2n) is 19.8. The van der Waals surface area contributed by atoms with Gasteiger partial charge in [0.1, 0.15) is 34.5 Å². The summed E-state index contributed by atoms with van der Waals surface area (Å²) < 4.78 is 11.1. The minimum Gasteiger partial charge on any atom is -0.508 e. The number of carboxylic acids is 1. The average molecular weight is 1000 g/mol. The topological polar surface area (TPSA) is 211 Å². The maximum Gasteiger partial charge on any atom is 0.340 e. The van der Waals surface area contributed by atoms with Gasteiger partial charge in [-0.1, -0.05) is 99.6 Å². The standard InChI is InChI=1S/C23H28O6.C22H18O4.C17H20O2/c1-15-13-17(5-7-19(15)24)23(3,18-6-8-20(25)16(2)14-18)11-4-12-29-22(28)10-9-21(26)27;1-13-11-15(7-9-19(13)23)22(16-8-10-20(24)14(2)12-16)18-6-4-3-5-17(18)21(25)26-22;1-11-9-13(5-7-15(11)18)17(3,4)14-6-8-16(19)12(2)10-14/h5-8,13-14,24-25H,4,9-12H2,1-3H3,(H,26,27);3-12,23-24H,1-2H3;5-10,18-19H,1-4H3. The van der Waals surface area contributed by atoms with Crippen LogP contribution in [0.3, 0.4) is 0 Å². The molecule has 74 heavy (non-hydrogen) atoms. The third-order valence-electron chi connectivity index (χ3n) is 14.1. The van der Waals surface area contributed by atoms with E-state index in [1.807, 2.05) is 100 Å². The fourth-order valence-electron chi connectivity index (χ4n) is 9.16. The number of carbonyl (C=O) groups excluding carboxylic acids is 2. The van der Waals surface area contributed by atoms with Gasteiger partial charge in [-0.15, -0.1) is 0 Å². The van der Waals surface area contributed by atoms with Crippen molar-refractivity contribution in [2.24, 2.45) is 0 Å². The molecule has 0 saturated carbocycles. The summed E-state index contributed by atoms with van der Waals surface area (Å²) in [5.74, 6) is -0.475. The molecule has 0 radical (unpaired) electrons. The van der Waals surface area contributed by atoms with Crippen LogP contribution in [-0.4, -0.2) is 60.3 Å². The Bertz CT molecular complexity index is 3050. The zero-order valence-corrected chi connectivity index (χ0v) is 43.4. The zero-order valence-electron chi connectivity index (χ0n) is 43.4. The number of aromatic hydroxyl groups is 6. The normalized spacial score (nSPS) is 12.6. The minimum atomic E-state index is -1.12. The van der Waals surface area contributed by atoms with Crippen molar-refractivity contribution in [2.45, 2.75) is 104 Å². The van der Waals surface area contributed by atoms with Crippen LogP contribution >= 0.6 is 0 Å². The van der Waals surface area contributed by atoms with Gasteiger partial charge in [-0.05, 0) is 165 Å². The van der Waals surface area contributed by atoms with E-state index in [9.17, 15) is 45.0 Å². The van der Waals surface area contributed by atoms with E-state index in [1.165, 1.54) is 0 Å². The van der Waals surface area contributed by atoms with Gasteiger partial charge < -0.3 is 45.2 Å². The molecule has 0 amide bonds. The van der Waals surface area contributed by atoms with E-state index >= 15 is 0 Å². The van der Waals surface area contributed by atoms with E-state index in [1.54, 1.807) is 74.5 Å². The summed E-state index contributed by atoms with van der Waals surface area (Å²) in [6.45, 7) is 17.6. The summed E-state index contributed by atoms with van der Waals surface area (Å²) in [6.07, 6.45) is 0.861.